The van der Waals surface area contributed by atoms with Crippen LogP contribution >= 0.6 is 0 Å². The monoisotopic (exact) mass is 974 g/mol. The Hall–Kier alpha value is -9.15. The lowest BCUT2D eigenvalue weighted by molar-refractivity contribution is -0.192. The molecule has 0 saturated heterocycles. The number of amides is 4. The van der Waals surface area contributed by atoms with Crippen LogP contribution in [0.4, 0.5) is 23.7 Å². The van der Waals surface area contributed by atoms with Crippen molar-refractivity contribution in [1.82, 2.24) is 56.2 Å². The number of benzene rings is 4. The Morgan fingerprint density at radius 1 is 0.746 bits per heavy atom. The Balaban J connectivity index is 0.00000110. The number of aromatic hydroxyl groups is 1. The molecule has 71 heavy (non-hydrogen) atoms. The molecule has 0 spiro atoms. The quantitative estimate of drug-likeness (QED) is 0.0348. The van der Waals surface area contributed by atoms with Crippen LogP contribution in [-0.4, -0.2) is 101 Å². The Morgan fingerprint density at radius 3 is 1.86 bits per heavy atom. The van der Waals surface area contributed by atoms with Crippen LogP contribution in [0.2, 0.25) is 0 Å². The summed E-state index contributed by atoms with van der Waals surface area (Å²) in [4.78, 5) is 59.5. The fourth-order valence-corrected chi connectivity index (χ4v) is 6.80. The number of aromatic nitrogens is 7. The topological polar surface area (TPSA) is 273 Å². The molecule has 7 rings (SSSR count). The van der Waals surface area contributed by atoms with Gasteiger partial charge in [0.15, 0.2) is 5.96 Å². The van der Waals surface area contributed by atoms with E-state index in [-0.39, 0.29) is 49.6 Å². The van der Waals surface area contributed by atoms with E-state index in [1.54, 1.807) is 40.1 Å². The number of phenolic OH excluding ortho intramolecular Hbond substituents is 1. The third kappa shape index (κ3) is 15.7. The number of pyridine rings is 1. The van der Waals surface area contributed by atoms with Crippen molar-refractivity contribution in [3.05, 3.63) is 174 Å². The standard InChI is InChI=1S/C46H48N14O4.C2HF3O2/c1-58(37-22-25-48-26-23-37)29-36-31-60(57-55-36)39-18-16-38(17-19-39)59-30-35(54-56-59)28-51-46(64)53-45(47)49-24-8-13-41(43(62)50-27-32-14-20-40(61)21-15-32)52-44(63)42(33-9-4-2-5-10-33)34-11-6-3-7-12-34;3-2(4,5)1(6)7/h2-7,9-12,14-23,25-26,30-31,41-42,61H,8,13,24,27-29H2,1H3,(H,50,62)(H,52,63)(H4,47,49,51,53,64);(H,6,7)/t41-;/m1./s1. The molecule has 7 aromatic rings. The molecule has 8 N–H and O–H groups in total. The van der Waals surface area contributed by atoms with Crippen LogP contribution in [0, 0.1) is 0 Å². The summed E-state index contributed by atoms with van der Waals surface area (Å²) in [5.74, 6) is -4.13. The molecule has 1 atom stereocenters. The molecule has 0 fully saturated rings. The van der Waals surface area contributed by atoms with Gasteiger partial charge < -0.3 is 36.8 Å². The summed E-state index contributed by atoms with van der Waals surface area (Å²) in [6, 6.07) is 35.1. The van der Waals surface area contributed by atoms with Crippen LogP contribution in [0.5, 0.6) is 5.75 Å². The van der Waals surface area contributed by atoms with Crippen LogP contribution in [0.3, 0.4) is 0 Å². The lowest BCUT2D eigenvalue weighted by Gasteiger charge is -2.23. The third-order valence-electron chi connectivity index (χ3n) is 10.4. The van der Waals surface area contributed by atoms with Gasteiger partial charge in [-0.05, 0) is 78.1 Å². The van der Waals surface area contributed by atoms with Crippen molar-refractivity contribution in [3.8, 4) is 17.1 Å². The van der Waals surface area contributed by atoms with Crippen molar-refractivity contribution in [2.75, 3.05) is 18.5 Å². The van der Waals surface area contributed by atoms with Gasteiger partial charge in [-0.15, -0.1) is 10.2 Å². The number of anilines is 1. The molecule has 3 heterocycles. The first-order valence-corrected chi connectivity index (χ1v) is 21.8. The van der Waals surface area contributed by atoms with Gasteiger partial charge in [-0.25, -0.2) is 19.0 Å². The van der Waals surface area contributed by atoms with Crippen molar-refractivity contribution < 1.29 is 42.6 Å². The fraction of sp³-hybridized carbons (Fsp3) is 0.208. The Kier molecular flexibility index (Phi) is 17.9. The number of alkyl halides is 3. The van der Waals surface area contributed by atoms with Gasteiger partial charge in [-0.3, -0.25) is 24.9 Å². The summed E-state index contributed by atoms with van der Waals surface area (Å²) in [6.07, 6.45) is 2.59. The first-order valence-electron chi connectivity index (χ1n) is 21.8. The normalized spacial score (nSPS) is 11.7. The van der Waals surface area contributed by atoms with Gasteiger partial charge in [0.05, 0.1) is 42.8 Å². The first-order chi connectivity index (χ1) is 34.1. The number of guanidine groups is 1. The Morgan fingerprint density at radius 2 is 1.30 bits per heavy atom. The zero-order chi connectivity index (χ0) is 50.8. The number of nitrogens with two attached hydrogens (primary N) is 1. The number of nitrogens with zero attached hydrogens (tertiary/aromatic N) is 9. The molecule has 0 radical (unpaired) electrons. The van der Waals surface area contributed by atoms with Crippen molar-refractivity contribution >= 4 is 35.5 Å². The minimum atomic E-state index is -5.08. The van der Waals surface area contributed by atoms with E-state index in [1.165, 1.54) is 12.1 Å². The van der Waals surface area contributed by atoms with E-state index in [4.69, 9.17) is 15.6 Å². The number of phenols is 1. The Labute approximate surface area is 404 Å². The van der Waals surface area contributed by atoms with Gasteiger partial charge in [0.25, 0.3) is 0 Å². The number of urea groups is 1. The summed E-state index contributed by atoms with van der Waals surface area (Å²) < 4.78 is 35.0. The van der Waals surface area contributed by atoms with E-state index in [1.807, 2.05) is 110 Å². The highest BCUT2D eigenvalue weighted by Gasteiger charge is 2.38. The second kappa shape index (κ2) is 24.7. The van der Waals surface area contributed by atoms with Crippen LogP contribution in [0.25, 0.3) is 11.4 Å². The van der Waals surface area contributed by atoms with E-state index in [2.05, 4.69) is 56.8 Å². The lowest BCUT2D eigenvalue weighted by Crippen LogP contribution is -2.48. The van der Waals surface area contributed by atoms with Gasteiger partial charge in [-0.2, -0.15) is 13.2 Å². The van der Waals surface area contributed by atoms with Gasteiger partial charge in [0.1, 0.15) is 23.2 Å². The van der Waals surface area contributed by atoms with E-state index < -0.39 is 30.1 Å². The number of rotatable bonds is 18. The van der Waals surface area contributed by atoms with Crippen molar-refractivity contribution in [2.45, 2.75) is 50.6 Å². The van der Waals surface area contributed by atoms with Crippen LogP contribution < -0.4 is 31.9 Å². The molecule has 0 bridgehead atoms. The molecular formula is C48H49F3N14O6. The van der Waals surface area contributed by atoms with Crippen molar-refractivity contribution in [3.63, 3.8) is 0 Å². The molecule has 0 aliphatic carbocycles. The summed E-state index contributed by atoms with van der Waals surface area (Å²) in [7, 11) is 1.98. The molecule has 0 aliphatic heterocycles. The maximum atomic E-state index is 14.0. The minimum Gasteiger partial charge on any atom is -0.508 e. The third-order valence-corrected chi connectivity index (χ3v) is 10.4. The number of carboxylic acid groups (broad SMARTS) is 1. The molecule has 3 aromatic heterocycles. The molecule has 23 heteroatoms. The number of hydrogen-bond acceptors (Lipinski definition) is 12. The number of carbonyl (C=O) groups excluding carboxylic acids is 3. The lowest BCUT2D eigenvalue weighted by atomic mass is 9.90. The molecule has 20 nitrogen and oxygen atoms in total. The highest BCUT2D eigenvalue weighted by Crippen LogP contribution is 2.25. The molecule has 368 valence electrons. The molecule has 4 amide bonds. The number of carbonyl (C=O) groups is 4. The highest BCUT2D eigenvalue weighted by molar-refractivity contribution is 5.95. The number of carboxylic acids is 1. The fourth-order valence-electron chi connectivity index (χ4n) is 6.80. The smallest absolute Gasteiger partial charge is 0.490 e. The van der Waals surface area contributed by atoms with Crippen LogP contribution in [0.1, 0.15) is 46.8 Å². The SMILES string of the molecule is CN(Cc1cn(-c2ccc(-n3cc(CNC(=O)NC(N)=NCCC[C@@H](NC(=O)C(c4ccccc4)c4ccccc4)C(=O)NCc4ccc(O)cc4)nn3)cc2)nn1)c1ccncc1.O=C(O)C(F)(F)F. The largest absolute Gasteiger partial charge is 0.508 e. The number of hydrogen-bond donors (Lipinski definition) is 7. The van der Waals surface area contributed by atoms with E-state index in [9.17, 15) is 32.7 Å². The van der Waals surface area contributed by atoms with Gasteiger partial charge >= 0.3 is 18.2 Å². The molecule has 0 saturated carbocycles. The second-order valence-corrected chi connectivity index (χ2v) is 15.6. The van der Waals surface area contributed by atoms with Crippen LogP contribution in [0.15, 0.2) is 151 Å². The van der Waals surface area contributed by atoms with E-state index in [0.29, 0.717) is 18.7 Å². The molecule has 0 unspecified atom stereocenters. The maximum absolute atomic E-state index is 14.0. The van der Waals surface area contributed by atoms with Gasteiger partial charge in [-0.1, -0.05) is 83.2 Å². The average molecular weight is 975 g/mol. The number of halogens is 3. The summed E-state index contributed by atoms with van der Waals surface area (Å²) in [5.41, 5.74) is 12.3. The molecule has 0 aliphatic rings. The number of aliphatic carboxylic acids is 1. The predicted molar refractivity (Wildman–Crippen MR) is 254 cm³/mol. The van der Waals surface area contributed by atoms with Gasteiger partial charge in [0.2, 0.25) is 11.8 Å². The summed E-state index contributed by atoms with van der Waals surface area (Å²) in [6.45, 7) is 1.01. The van der Waals surface area contributed by atoms with Crippen molar-refractivity contribution in [2.24, 2.45) is 10.7 Å². The summed E-state index contributed by atoms with van der Waals surface area (Å²) >= 11 is 0. The zero-order valence-electron chi connectivity index (χ0n) is 38.0. The summed E-state index contributed by atoms with van der Waals surface area (Å²) in [5, 5.41) is 44.8. The van der Waals surface area contributed by atoms with Gasteiger partial charge in [0, 0.05) is 38.2 Å². The first kappa shape index (κ1) is 51.2. The number of aliphatic imine (C=N–C) groups is 1. The highest BCUT2D eigenvalue weighted by atomic mass is 19.4. The second-order valence-electron chi connectivity index (χ2n) is 15.6. The zero-order valence-corrected chi connectivity index (χ0v) is 38.0. The molecule has 4 aromatic carbocycles. The van der Waals surface area contributed by atoms with Crippen molar-refractivity contribution in [1.29, 1.82) is 0 Å². The van der Waals surface area contributed by atoms with Crippen LogP contribution in [-0.2, 0) is 34.0 Å². The van der Waals surface area contributed by atoms with E-state index >= 15 is 0 Å². The maximum Gasteiger partial charge on any atom is 0.490 e. The van der Waals surface area contributed by atoms with E-state index in [0.717, 1.165) is 39.4 Å². The average Bonchev–Trinajstić information content (AvgIpc) is 4.05. The predicted octanol–water partition coefficient (Wildman–Crippen LogP) is 4.75. The number of nitrogens with one attached hydrogen (secondary N) is 4. The molecular weight excluding hydrogens is 926 g/mol. The minimum absolute atomic E-state index is 0.0699. The Bertz CT molecular complexity index is 2810.